The molecule has 0 saturated carbocycles. The summed E-state index contributed by atoms with van der Waals surface area (Å²) in [6.45, 7) is 1.50. The molecule has 2 aromatic rings. The molecule has 0 fully saturated rings. The maximum atomic E-state index is 12.2. The molecule has 25 heavy (non-hydrogen) atoms. The van der Waals surface area contributed by atoms with Crippen LogP contribution in [-0.4, -0.2) is 36.3 Å². The van der Waals surface area contributed by atoms with Gasteiger partial charge in [0, 0.05) is 32.1 Å². The highest BCUT2D eigenvalue weighted by molar-refractivity contribution is 5.93. The second-order valence-electron chi connectivity index (χ2n) is 6.03. The zero-order valence-electron chi connectivity index (χ0n) is 14.0. The molecule has 1 aliphatic heterocycles. The van der Waals surface area contributed by atoms with E-state index in [0.29, 0.717) is 19.5 Å². The number of amides is 1. The Bertz CT molecular complexity index is 862. The van der Waals surface area contributed by atoms with Gasteiger partial charge >= 0.3 is 11.5 Å². The number of nitrogens with one attached hydrogen (secondary N) is 1. The molecule has 1 N–H and O–H groups in total. The number of carbonyl (C=O) groups excluding carboxylic acids is 1. The van der Waals surface area contributed by atoms with Crippen molar-refractivity contribution in [3.05, 3.63) is 44.2 Å². The van der Waals surface area contributed by atoms with E-state index in [1.807, 2.05) is 0 Å². The Morgan fingerprint density at radius 2 is 2.20 bits per heavy atom. The van der Waals surface area contributed by atoms with Crippen molar-refractivity contribution < 1.29 is 9.72 Å². The van der Waals surface area contributed by atoms with Gasteiger partial charge < -0.3 is 15.4 Å². The van der Waals surface area contributed by atoms with Gasteiger partial charge in [0.25, 0.3) is 5.91 Å². The zero-order valence-corrected chi connectivity index (χ0v) is 14.0. The lowest BCUT2D eigenvalue weighted by molar-refractivity contribution is -0.391. The lowest BCUT2D eigenvalue weighted by Crippen LogP contribution is -2.30. The van der Waals surface area contributed by atoms with Gasteiger partial charge in [0.15, 0.2) is 5.69 Å². The molecule has 0 unspecified atom stereocenters. The van der Waals surface area contributed by atoms with Gasteiger partial charge in [-0.25, -0.2) is 14.0 Å². The van der Waals surface area contributed by atoms with Gasteiger partial charge in [-0.3, -0.25) is 9.36 Å². The van der Waals surface area contributed by atoms with Crippen molar-refractivity contribution >= 4 is 11.7 Å². The summed E-state index contributed by atoms with van der Waals surface area (Å²) in [5, 5.41) is 17.9. The Balaban J connectivity index is 1.54. The lowest BCUT2D eigenvalue weighted by atomic mass is 10.2. The largest absolute Gasteiger partial charge is 0.358 e. The van der Waals surface area contributed by atoms with E-state index < -0.39 is 4.92 Å². The van der Waals surface area contributed by atoms with Crippen LogP contribution in [0.1, 0.15) is 35.6 Å². The molecule has 0 saturated heterocycles. The predicted molar refractivity (Wildman–Crippen MR) is 88.4 cm³/mol. The van der Waals surface area contributed by atoms with Crippen molar-refractivity contribution in [1.82, 2.24) is 24.2 Å². The van der Waals surface area contributed by atoms with Crippen molar-refractivity contribution in [3.8, 4) is 0 Å². The van der Waals surface area contributed by atoms with Crippen molar-refractivity contribution in [1.29, 1.82) is 0 Å². The first-order chi connectivity index (χ1) is 12.0. The van der Waals surface area contributed by atoms with Crippen molar-refractivity contribution in [3.63, 3.8) is 0 Å². The van der Waals surface area contributed by atoms with Crippen molar-refractivity contribution in [2.24, 2.45) is 7.05 Å². The smallest absolute Gasteiger partial charge is 0.345 e. The topological polar surface area (TPSA) is 117 Å². The fourth-order valence-corrected chi connectivity index (χ4v) is 3.03. The third kappa shape index (κ3) is 3.32. The fourth-order valence-electron chi connectivity index (χ4n) is 3.03. The summed E-state index contributed by atoms with van der Waals surface area (Å²) < 4.78 is 4.40. The average molecular weight is 348 g/mol. The van der Waals surface area contributed by atoms with Crippen LogP contribution in [0.5, 0.6) is 0 Å². The molecule has 0 radical (unpaired) electrons. The summed E-state index contributed by atoms with van der Waals surface area (Å²) in [6, 6.07) is 2.71. The molecular weight excluding hydrogens is 328 g/mol. The van der Waals surface area contributed by atoms with E-state index in [2.05, 4.69) is 10.4 Å². The van der Waals surface area contributed by atoms with Crippen LogP contribution in [-0.2, 0) is 26.6 Å². The average Bonchev–Trinajstić information content (AvgIpc) is 3.13. The van der Waals surface area contributed by atoms with Gasteiger partial charge in [-0.2, -0.15) is 5.10 Å². The van der Waals surface area contributed by atoms with Crippen LogP contribution in [0.2, 0.25) is 0 Å². The van der Waals surface area contributed by atoms with Crippen LogP contribution in [0.25, 0.3) is 0 Å². The van der Waals surface area contributed by atoms with E-state index in [-0.39, 0.29) is 23.1 Å². The van der Waals surface area contributed by atoms with Crippen molar-refractivity contribution in [2.45, 2.75) is 38.8 Å². The molecule has 10 nitrogen and oxygen atoms in total. The SMILES string of the molecule is Cn1c(C(=O)NCCCn2nc3n(c2=O)CCCC3)ccc1[N+](=O)[O-]. The molecule has 2 aromatic heterocycles. The Morgan fingerprint density at radius 3 is 2.88 bits per heavy atom. The molecule has 0 atom stereocenters. The number of hydrogen-bond donors (Lipinski definition) is 1. The molecular formula is C15H20N6O4. The monoisotopic (exact) mass is 348 g/mol. The Hall–Kier alpha value is -2.91. The van der Waals surface area contributed by atoms with Gasteiger partial charge in [-0.15, -0.1) is 0 Å². The van der Waals surface area contributed by atoms with Crippen LogP contribution in [0.4, 0.5) is 5.82 Å². The summed E-state index contributed by atoms with van der Waals surface area (Å²) >= 11 is 0. The van der Waals surface area contributed by atoms with Gasteiger partial charge in [-0.05, 0) is 30.3 Å². The quantitative estimate of drug-likeness (QED) is 0.462. The van der Waals surface area contributed by atoms with Gasteiger partial charge in [0.05, 0.1) is 7.05 Å². The molecule has 134 valence electrons. The van der Waals surface area contributed by atoms with E-state index in [0.717, 1.165) is 31.6 Å². The number of fused-ring (bicyclic) bond motifs is 1. The summed E-state index contributed by atoms with van der Waals surface area (Å²) in [7, 11) is 1.47. The lowest BCUT2D eigenvalue weighted by Gasteiger charge is -2.09. The van der Waals surface area contributed by atoms with Gasteiger partial charge in [0.1, 0.15) is 5.82 Å². The molecule has 0 spiro atoms. The molecule has 0 bridgehead atoms. The normalized spacial score (nSPS) is 13.5. The minimum atomic E-state index is -0.538. The zero-order chi connectivity index (χ0) is 18.0. The number of hydrogen-bond acceptors (Lipinski definition) is 5. The first-order valence-electron chi connectivity index (χ1n) is 8.24. The number of aromatic nitrogens is 4. The second-order valence-corrected chi connectivity index (χ2v) is 6.03. The van der Waals surface area contributed by atoms with Crippen LogP contribution in [0.3, 0.4) is 0 Å². The van der Waals surface area contributed by atoms with E-state index >= 15 is 0 Å². The fraction of sp³-hybridized carbons (Fsp3) is 0.533. The first-order valence-corrected chi connectivity index (χ1v) is 8.24. The van der Waals surface area contributed by atoms with E-state index in [1.54, 1.807) is 4.57 Å². The highest BCUT2D eigenvalue weighted by Crippen LogP contribution is 2.14. The number of carbonyl (C=O) groups is 1. The second kappa shape index (κ2) is 6.91. The number of aryl methyl sites for hydroxylation is 2. The summed E-state index contributed by atoms with van der Waals surface area (Å²) in [5.41, 5.74) is 0.125. The van der Waals surface area contributed by atoms with Crippen LogP contribution < -0.4 is 11.0 Å². The molecule has 10 heteroatoms. The van der Waals surface area contributed by atoms with Crippen LogP contribution in [0, 0.1) is 10.1 Å². The minimum Gasteiger partial charge on any atom is -0.358 e. The van der Waals surface area contributed by atoms with Crippen LogP contribution >= 0.6 is 0 Å². The van der Waals surface area contributed by atoms with E-state index in [9.17, 15) is 19.7 Å². The highest BCUT2D eigenvalue weighted by atomic mass is 16.6. The minimum absolute atomic E-state index is 0.0981. The number of nitro groups is 1. The molecule has 1 amide bonds. The number of rotatable bonds is 6. The Morgan fingerprint density at radius 1 is 1.40 bits per heavy atom. The first kappa shape index (κ1) is 16.9. The third-order valence-electron chi connectivity index (χ3n) is 4.38. The highest BCUT2D eigenvalue weighted by Gasteiger charge is 2.20. The van der Waals surface area contributed by atoms with Gasteiger partial charge in [0.2, 0.25) is 0 Å². The molecule has 3 heterocycles. The molecule has 1 aliphatic rings. The number of nitrogens with zero attached hydrogens (tertiary/aromatic N) is 5. The summed E-state index contributed by atoms with van der Waals surface area (Å²) in [6.07, 6.45) is 3.42. The Labute approximate surface area is 143 Å². The van der Waals surface area contributed by atoms with Crippen molar-refractivity contribution in [2.75, 3.05) is 6.54 Å². The maximum Gasteiger partial charge on any atom is 0.345 e. The summed E-state index contributed by atoms with van der Waals surface area (Å²) in [5.74, 6) is 0.309. The molecule has 3 rings (SSSR count). The molecule has 0 aliphatic carbocycles. The summed E-state index contributed by atoms with van der Waals surface area (Å²) in [4.78, 5) is 34.5. The predicted octanol–water partition coefficient (Wildman–Crippen LogP) is 0.448. The van der Waals surface area contributed by atoms with Crippen LogP contribution in [0.15, 0.2) is 16.9 Å². The van der Waals surface area contributed by atoms with Gasteiger partial charge in [-0.1, -0.05) is 0 Å². The standard InChI is InChI=1S/C15H20N6O4/c1-18-11(6-7-13(18)21(24)25)14(22)16-8-4-10-20-15(23)19-9-3-2-5-12(19)17-20/h6-7H,2-5,8-10H2,1H3,(H,16,22). The Kier molecular flexibility index (Phi) is 4.68. The third-order valence-corrected chi connectivity index (χ3v) is 4.38. The maximum absolute atomic E-state index is 12.2. The van der Waals surface area contributed by atoms with E-state index in [1.165, 1.54) is 28.4 Å². The molecule has 0 aromatic carbocycles. The van der Waals surface area contributed by atoms with E-state index in [4.69, 9.17) is 0 Å².